The van der Waals surface area contributed by atoms with Crippen molar-refractivity contribution in [3.05, 3.63) is 59.4 Å². The van der Waals surface area contributed by atoms with Gasteiger partial charge in [-0.1, -0.05) is 12.1 Å². The molecule has 1 saturated heterocycles. The first-order valence-electron chi connectivity index (χ1n) is 10.6. The Morgan fingerprint density at radius 3 is 2.65 bits per heavy atom. The molecule has 164 valence electrons. The topological polar surface area (TPSA) is 85.3 Å². The van der Waals surface area contributed by atoms with Gasteiger partial charge in [0.1, 0.15) is 23.4 Å². The van der Waals surface area contributed by atoms with Crippen molar-refractivity contribution in [2.75, 3.05) is 25.0 Å². The van der Waals surface area contributed by atoms with E-state index in [-0.39, 0.29) is 17.8 Å². The van der Waals surface area contributed by atoms with Gasteiger partial charge in [0, 0.05) is 42.9 Å². The number of halogens is 1. The smallest absolute Gasteiger partial charge is 0.254 e. The second-order valence-electron chi connectivity index (χ2n) is 8.72. The van der Waals surface area contributed by atoms with E-state index in [1.54, 1.807) is 23.1 Å². The van der Waals surface area contributed by atoms with Gasteiger partial charge in [-0.3, -0.25) is 9.69 Å². The maximum absolute atomic E-state index is 13.4. The molecule has 31 heavy (non-hydrogen) atoms. The third-order valence-corrected chi connectivity index (χ3v) is 6.44. The fourth-order valence-electron chi connectivity index (χ4n) is 4.36. The van der Waals surface area contributed by atoms with Crippen LogP contribution in [-0.4, -0.2) is 63.4 Å². The van der Waals surface area contributed by atoms with Crippen molar-refractivity contribution in [2.24, 2.45) is 0 Å². The van der Waals surface area contributed by atoms with E-state index in [4.69, 9.17) is 4.74 Å². The summed E-state index contributed by atoms with van der Waals surface area (Å²) < 4.78 is 19.2. The van der Waals surface area contributed by atoms with Crippen LogP contribution in [0.2, 0.25) is 0 Å². The van der Waals surface area contributed by atoms with E-state index < -0.39 is 18.1 Å². The van der Waals surface area contributed by atoms with Gasteiger partial charge in [0.2, 0.25) is 0 Å². The van der Waals surface area contributed by atoms with Crippen molar-refractivity contribution in [3.8, 4) is 5.75 Å². The molecule has 2 aliphatic heterocycles. The molecule has 1 amide bonds. The zero-order valence-corrected chi connectivity index (χ0v) is 17.3. The minimum atomic E-state index is -0.983. The first-order valence-corrected chi connectivity index (χ1v) is 10.6. The van der Waals surface area contributed by atoms with Gasteiger partial charge in [-0.15, -0.1) is 0 Å². The van der Waals surface area contributed by atoms with Crippen molar-refractivity contribution < 1.29 is 24.1 Å². The fourth-order valence-corrected chi connectivity index (χ4v) is 4.36. The molecular formula is C23H26FN3O4. The number of amides is 1. The lowest BCUT2D eigenvalue weighted by atomic mass is 10.1. The van der Waals surface area contributed by atoms with E-state index in [0.29, 0.717) is 43.8 Å². The molecule has 2 fully saturated rings. The van der Waals surface area contributed by atoms with Crippen LogP contribution in [0.5, 0.6) is 5.75 Å². The predicted molar refractivity (Wildman–Crippen MR) is 112 cm³/mol. The van der Waals surface area contributed by atoms with Gasteiger partial charge in [-0.2, -0.15) is 0 Å². The first-order chi connectivity index (χ1) is 14.8. The molecule has 3 aliphatic rings. The summed E-state index contributed by atoms with van der Waals surface area (Å²) in [6, 6.07) is 11.5. The largest absolute Gasteiger partial charge is 0.464 e. The molecule has 0 spiro atoms. The molecule has 2 heterocycles. The van der Waals surface area contributed by atoms with Gasteiger partial charge < -0.3 is 25.2 Å². The zero-order valence-electron chi connectivity index (χ0n) is 17.3. The quantitative estimate of drug-likeness (QED) is 0.695. The van der Waals surface area contributed by atoms with Crippen LogP contribution in [0.1, 0.15) is 41.9 Å². The van der Waals surface area contributed by atoms with Crippen LogP contribution < -0.4 is 10.1 Å². The molecule has 8 heteroatoms. The highest BCUT2D eigenvalue weighted by Crippen LogP contribution is 2.40. The van der Waals surface area contributed by atoms with Crippen molar-refractivity contribution >= 4 is 11.6 Å². The molecule has 2 unspecified atom stereocenters. The van der Waals surface area contributed by atoms with Crippen LogP contribution in [-0.2, 0) is 0 Å². The van der Waals surface area contributed by atoms with Crippen LogP contribution in [0.4, 0.5) is 10.1 Å². The molecule has 0 aromatic heterocycles. The average molecular weight is 427 g/mol. The minimum absolute atomic E-state index is 0.0658. The molecule has 3 atom stereocenters. The molecule has 5 rings (SSSR count). The number of aliphatic hydroxyl groups is 2. The molecule has 7 nitrogen and oxygen atoms in total. The van der Waals surface area contributed by atoms with E-state index in [2.05, 4.69) is 5.32 Å². The molecule has 0 bridgehead atoms. The lowest BCUT2D eigenvalue weighted by molar-refractivity contribution is -0.114. The maximum Gasteiger partial charge on any atom is 0.254 e. The van der Waals surface area contributed by atoms with Crippen LogP contribution in [0, 0.1) is 5.82 Å². The Hall–Kier alpha value is -2.68. The van der Waals surface area contributed by atoms with Crippen LogP contribution in [0.3, 0.4) is 0 Å². The number of hydrogen-bond donors (Lipinski definition) is 3. The molecule has 2 aromatic rings. The third kappa shape index (κ3) is 3.75. The van der Waals surface area contributed by atoms with Gasteiger partial charge in [0.25, 0.3) is 5.91 Å². The Morgan fingerprint density at radius 1 is 1.23 bits per heavy atom. The number of benzene rings is 2. The monoisotopic (exact) mass is 427 g/mol. The van der Waals surface area contributed by atoms with Crippen LogP contribution in [0.15, 0.2) is 42.5 Å². The number of hydrogen-bond acceptors (Lipinski definition) is 6. The van der Waals surface area contributed by atoms with Gasteiger partial charge in [-0.05, 0) is 44.0 Å². The SMILES string of the molecule is C[C@H]1CN(C(O)C2(O)CC2)CCN1C(=O)c1ccc(C2Nc3ccc(F)cc3O2)cc1. The Morgan fingerprint density at radius 2 is 1.97 bits per heavy atom. The number of piperazine rings is 1. The number of nitrogens with one attached hydrogen (secondary N) is 1. The second-order valence-corrected chi connectivity index (χ2v) is 8.72. The number of carbonyl (C=O) groups excluding carboxylic acids is 1. The summed E-state index contributed by atoms with van der Waals surface area (Å²) in [6.45, 7) is 3.48. The first kappa shape index (κ1) is 20.2. The van der Waals surface area contributed by atoms with E-state index >= 15 is 0 Å². The van der Waals surface area contributed by atoms with E-state index in [9.17, 15) is 19.4 Å². The molecule has 3 N–H and O–H groups in total. The molecule has 1 saturated carbocycles. The highest BCUT2D eigenvalue weighted by Gasteiger charge is 2.50. The zero-order chi connectivity index (χ0) is 21.8. The van der Waals surface area contributed by atoms with Crippen molar-refractivity contribution in [2.45, 2.75) is 43.9 Å². The fraction of sp³-hybridized carbons (Fsp3) is 0.435. The van der Waals surface area contributed by atoms with Gasteiger partial charge in [-0.25, -0.2) is 4.39 Å². The van der Waals surface area contributed by atoms with Gasteiger partial charge in [0.05, 0.1) is 5.69 Å². The number of ether oxygens (including phenoxy) is 1. The lowest BCUT2D eigenvalue weighted by Crippen LogP contribution is -2.59. The summed E-state index contributed by atoms with van der Waals surface area (Å²) in [4.78, 5) is 16.7. The average Bonchev–Trinajstić information content (AvgIpc) is 3.38. The summed E-state index contributed by atoms with van der Waals surface area (Å²) in [6.07, 6.45) is -0.0672. The van der Waals surface area contributed by atoms with Crippen LogP contribution >= 0.6 is 0 Å². The number of rotatable bonds is 4. The normalized spacial score (nSPS) is 25.4. The summed E-state index contributed by atoms with van der Waals surface area (Å²) in [5.74, 6) is 0.0500. The number of carbonyl (C=O) groups is 1. The summed E-state index contributed by atoms with van der Waals surface area (Å²) >= 11 is 0. The van der Waals surface area contributed by atoms with E-state index in [1.165, 1.54) is 12.1 Å². The highest BCUT2D eigenvalue weighted by molar-refractivity contribution is 5.94. The summed E-state index contributed by atoms with van der Waals surface area (Å²) in [5, 5.41) is 23.7. The molecule has 1 aliphatic carbocycles. The number of fused-ring (bicyclic) bond motifs is 1. The number of aliphatic hydroxyl groups excluding tert-OH is 1. The molecule has 0 radical (unpaired) electrons. The molecule has 2 aromatic carbocycles. The standard InChI is InChI=1S/C23H26FN3O4/c1-14-13-26(22(29)23(30)8-9-23)10-11-27(14)21(28)16-4-2-15(3-5-16)20-25-18-7-6-17(24)12-19(18)31-20/h2-7,12,14,20,22,25,29-30H,8-11,13H2,1H3/t14-,20?,22?/m0/s1. The summed E-state index contributed by atoms with van der Waals surface area (Å²) in [7, 11) is 0. The van der Waals surface area contributed by atoms with Crippen molar-refractivity contribution in [1.82, 2.24) is 9.80 Å². The van der Waals surface area contributed by atoms with Gasteiger partial charge in [0.15, 0.2) is 6.23 Å². The summed E-state index contributed by atoms with van der Waals surface area (Å²) in [5.41, 5.74) is 1.17. The maximum atomic E-state index is 13.4. The predicted octanol–water partition coefficient (Wildman–Crippen LogP) is 2.32. The Labute approximate surface area is 180 Å². The van der Waals surface area contributed by atoms with Crippen molar-refractivity contribution in [1.29, 1.82) is 0 Å². The number of nitrogens with zero attached hydrogens (tertiary/aromatic N) is 2. The number of anilines is 1. The Kier molecular flexibility index (Phi) is 4.88. The Bertz CT molecular complexity index is 995. The van der Waals surface area contributed by atoms with Gasteiger partial charge >= 0.3 is 0 Å². The second kappa shape index (κ2) is 7.47. The van der Waals surface area contributed by atoms with Crippen LogP contribution in [0.25, 0.3) is 0 Å². The van der Waals surface area contributed by atoms with E-state index in [0.717, 1.165) is 11.3 Å². The van der Waals surface area contributed by atoms with E-state index in [1.807, 2.05) is 24.0 Å². The Balaban J connectivity index is 1.23. The lowest BCUT2D eigenvalue weighted by Gasteiger charge is -2.42. The molecular weight excluding hydrogens is 401 g/mol. The highest BCUT2D eigenvalue weighted by atomic mass is 19.1. The minimum Gasteiger partial charge on any atom is -0.464 e. The van der Waals surface area contributed by atoms with Crippen molar-refractivity contribution in [3.63, 3.8) is 0 Å². The third-order valence-electron chi connectivity index (χ3n) is 6.44.